The fraction of sp³-hybridized carbons (Fsp3) is 0.615. The van der Waals surface area contributed by atoms with Gasteiger partial charge in [0.1, 0.15) is 41.0 Å². The summed E-state index contributed by atoms with van der Waals surface area (Å²) in [4.78, 5) is 85.5. The van der Waals surface area contributed by atoms with Crippen LogP contribution in [0.1, 0.15) is 111 Å². The second-order valence-corrected chi connectivity index (χ2v) is 27.0. The number of rotatable bonds is 16. The summed E-state index contributed by atoms with van der Waals surface area (Å²) < 4.78 is 49.2. The van der Waals surface area contributed by atoms with E-state index in [9.17, 15) is 29.4 Å². The Kier molecular flexibility index (Phi) is 17.1. The Balaban J connectivity index is 1.62. The van der Waals surface area contributed by atoms with E-state index in [2.05, 4.69) is 5.32 Å². The van der Waals surface area contributed by atoms with E-state index in [-0.39, 0.29) is 29.7 Å². The molecule has 0 aromatic heterocycles. The quantitative estimate of drug-likeness (QED) is 0.0472. The zero-order valence-electron chi connectivity index (χ0n) is 42.8. The first-order valence-corrected chi connectivity index (χ1v) is 27.8. The lowest BCUT2D eigenvalue weighted by Crippen LogP contribution is -2.82. The molecule has 2 aromatic rings. The Bertz CT molecular complexity index is 2370. The molecule has 0 radical (unpaired) electrons. The number of carbonyl (C=O) groups excluding carboxylic acids is 6. The van der Waals surface area contributed by atoms with Crippen LogP contribution in [0.4, 0.5) is 9.59 Å². The molecular weight excluding hydrogens is 994 g/mol. The molecule has 3 N–H and O–H groups in total. The van der Waals surface area contributed by atoms with Crippen molar-refractivity contribution in [1.82, 2.24) is 5.32 Å². The topological polar surface area (TPSA) is 229 Å². The Morgan fingerprint density at radius 1 is 0.917 bits per heavy atom. The second kappa shape index (κ2) is 21.7. The highest BCUT2D eigenvalue weighted by Crippen LogP contribution is 2.64. The molecule has 2 aromatic carbocycles. The van der Waals surface area contributed by atoms with Gasteiger partial charge in [0.25, 0.3) is 0 Å². The Morgan fingerprint density at radius 3 is 2.04 bits per heavy atom. The van der Waals surface area contributed by atoms with Crippen LogP contribution in [0.3, 0.4) is 0 Å². The van der Waals surface area contributed by atoms with Crippen LogP contribution < -0.4 is 5.32 Å². The van der Waals surface area contributed by atoms with E-state index in [0.29, 0.717) is 23.7 Å². The average molecular weight is 1060 g/mol. The number of nitrogens with one attached hydrogen (secondary N) is 1. The summed E-state index contributed by atoms with van der Waals surface area (Å²) in [6.45, 7) is 17.3. The van der Waals surface area contributed by atoms with Gasteiger partial charge in [-0.05, 0) is 81.6 Å². The summed E-state index contributed by atoms with van der Waals surface area (Å²) in [6, 6.07) is 17.1. The Labute approximate surface area is 431 Å². The average Bonchev–Trinajstić information content (AvgIpc) is 3.31. The zero-order valence-corrected chi connectivity index (χ0v) is 45.3. The van der Waals surface area contributed by atoms with Crippen LogP contribution in [0.15, 0.2) is 71.8 Å². The molecule has 2 bridgehead atoms. The van der Waals surface area contributed by atoms with Crippen molar-refractivity contribution in [3.05, 3.63) is 82.9 Å². The fourth-order valence-electron chi connectivity index (χ4n) is 11.3. The number of Topliss-reactive ketones (excluding diaryl/α,β-unsaturated/α-hetero) is 1. The molecule has 396 valence electrons. The van der Waals surface area contributed by atoms with Gasteiger partial charge < -0.3 is 53.1 Å². The smallest absolute Gasteiger partial charge is 0.456 e. The van der Waals surface area contributed by atoms with Crippen LogP contribution in [0.25, 0.3) is 0 Å². The lowest BCUT2D eigenvalue weighted by atomic mass is 9.44. The third-order valence-corrected chi connectivity index (χ3v) is 20.2. The van der Waals surface area contributed by atoms with Gasteiger partial charge in [-0.2, -0.15) is 0 Å². The van der Waals surface area contributed by atoms with Gasteiger partial charge in [-0.1, -0.05) is 83.1 Å². The minimum atomic E-state index is -2.80. The van der Waals surface area contributed by atoms with Gasteiger partial charge in [-0.15, -0.1) is 23.2 Å². The van der Waals surface area contributed by atoms with Crippen LogP contribution >= 0.6 is 23.2 Å². The molecule has 3 fully saturated rings. The van der Waals surface area contributed by atoms with E-state index in [0.717, 1.165) is 6.92 Å². The van der Waals surface area contributed by atoms with Crippen molar-refractivity contribution in [2.24, 2.45) is 16.7 Å². The number of hydrogen-bond acceptors (Lipinski definition) is 16. The van der Waals surface area contributed by atoms with Crippen LogP contribution in [-0.2, 0) is 52.0 Å². The summed E-state index contributed by atoms with van der Waals surface area (Å²) in [7, 11) is -2.80. The van der Waals surface area contributed by atoms with Crippen LogP contribution in [-0.4, -0.2) is 126 Å². The predicted octanol–water partition coefficient (Wildman–Crippen LogP) is 8.25. The number of ketones is 1. The van der Waals surface area contributed by atoms with Gasteiger partial charge in [-0.25, -0.2) is 19.2 Å². The molecule has 2 saturated carbocycles. The standard InChI is InChI=1S/C52H69Cl2NO16Si/c1-12-72(13-2,14-3)71-40(38(31-21-17-15-18-22-31)55-46(61)70-48(6,7)8)45(60)66-33-26-52(63)43(68-44(59)32-23-19-16-20-24-32)41-50(11,34(57)25-35-51(41,28-65-35)69-30(5)56)42(58)39(37(29(33)4)49(52,9)10)67-47(62)64-27-36(53)54/h15-24,33-36,38-41,43,57,63H,12-14,25-28H2,1-11H3,(H,55,61)/t33-,34-,35+,38-,39+,40+,41-,43-,50+,51-,52+/m0/s1. The van der Waals surface area contributed by atoms with Crippen molar-refractivity contribution in [2.45, 2.75) is 171 Å². The number of halogens is 2. The van der Waals surface area contributed by atoms with E-state index >= 15 is 9.59 Å². The number of aliphatic hydroxyl groups excluding tert-OH is 1. The first kappa shape index (κ1) is 56.7. The van der Waals surface area contributed by atoms with E-state index in [1.165, 1.54) is 19.1 Å². The summed E-state index contributed by atoms with van der Waals surface area (Å²) in [6.07, 6.45) is -12.7. The van der Waals surface area contributed by atoms with E-state index in [4.69, 9.17) is 60.8 Å². The van der Waals surface area contributed by atoms with Gasteiger partial charge in [0.05, 0.1) is 35.6 Å². The van der Waals surface area contributed by atoms with E-state index in [1.54, 1.807) is 90.1 Å². The first-order valence-electron chi connectivity index (χ1n) is 24.4. The number of hydrogen-bond donors (Lipinski definition) is 3. The maximum atomic E-state index is 16.0. The lowest BCUT2D eigenvalue weighted by molar-refractivity contribution is -0.346. The molecule has 6 rings (SSSR count). The van der Waals surface area contributed by atoms with Gasteiger partial charge in [0, 0.05) is 25.2 Å². The molecule has 20 heteroatoms. The van der Waals surface area contributed by atoms with Crippen LogP contribution in [0.5, 0.6) is 0 Å². The first-order chi connectivity index (χ1) is 33.6. The maximum Gasteiger partial charge on any atom is 0.509 e. The number of amides is 1. The number of esters is 3. The number of alkyl halides is 2. The maximum absolute atomic E-state index is 16.0. The van der Waals surface area contributed by atoms with Gasteiger partial charge >= 0.3 is 30.2 Å². The number of aliphatic hydroxyl groups is 2. The monoisotopic (exact) mass is 1060 g/mol. The normalized spacial score (nSPS) is 29.6. The summed E-state index contributed by atoms with van der Waals surface area (Å²) >= 11 is 11.9. The molecule has 1 aliphatic heterocycles. The molecule has 1 amide bonds. The molecule has 11 atom stereocenters. The molecule has 1 heterocycles. The lowest BCUT2D eigenvalue weighted by Gasteiger charge is -2.67. The van der Waals surface area contributed by atoms with Crippen LogP contribution in [0, 0.1) is 16.7 Å². The van der Waals surface area contributed by atoms with Crippen molar-refractivity contribution >= 4 is 67.5 Å². The zero-order chi connectivity index (χ0) is 53.4. The molecule has 17 nitrogen and oxygen atoms in total. The van der Waals surface area contributed by atoms with Crippen LogP contribution in [0.2, 0.25) is 18.1 Å². The third kappa shape index (κ3) is 10.8. The van der Waals surface area contributed by atoms with Gasteiger partial charge in [0.15, 0.2) is 31.9 Å². The number of benzene rings is 2. The minimum absolute atomic E-state index is 0.0553. The van der Waals surface area contributed by atoms with Gasteiger partial charge in [0.2, 0.25) is 0 Å². The summed E-state index contributed by atoms with van der Waals surface area (Å²) in [5.74, 6) is -5.31. The van der Waals surface area contributed by atoms with Crippen molar-refractivity contribution in [3.63, 3.8) is 0 Å². The number of carbonyl (C=O) groups is 6. The second-order valence-electron chi connectivity index (χ2n) is 21.0. The summed E-state index contributed by atoms with van der Waals surface area (Å²) in [5.41, 5.74) is -8.55. The van der Waals surface area contributed by atoms with Crippen molar-refractivity contribution in [1.29, 1.82) is 0 Å². The fourth-order valence-corrected chi connectivity index (χ4v) is 14.2. The van der Waals surface area contributed by atoms with E-state index < -0.39 is 138 Å². The molecule has 72 heavy (non-hydrogen) atoms. The number of alkyl carbamates (subject to hydrolysis) is 1. The van der Waals surface area contributed by atoms with Gasteiger partial charge in [-0.3, -0.25) is 9.59 Å². The SMILES string of the molecule is CC[Si](CC)(CC)O[C@@H](C(=O)O[C@H]1C[C@@]2(O)[C@@H](OC(=O)c3ccccc3)[C@@H]3[C@]4(OC(C)=O)CO[C@@H]4C[C@H](O)[C@@]3(C)C(=O)[C@H](OC(=O)OCC(Cl)Cl)C(=C1C)C2(C)C)[C@@H](NC(=O)OC(C)(C)C)c1ccccc1. The molecule has 3 aliphatic carbocycles. The van der Waals surface area contributed by atoms with Crippen molar-refractivity contribution < 1.29 is 76.6 Å². The highest BCUT2D eigenvalue weighted by molar-refractivity contribution is 6.73. The molecule has 0 spiro atoms. The number of ether oxygens (including phenoxy) is 7. The molecule has 4 aliphatic rings. The predicted molar refractivity (Wildman–Crippen MR) is 265 cm³/mol. The van der Waals surface area contributed by atoms with E-state index in [1.807, 2.05) is 20.8 Å². The third-order valence-electron chi connectivity index (χ3n) is 15.4. The molecular formula is C52H69Cl2NO16Si. The number of fused-ring (bicyclic) bond motifs is 5. The Morgan fingerprint density at radius 2 is 1.51 bits per heavy atom. The largest absolute Gasteiger partial charge is 0.509 e. The van der Waals surface area contributed by atoms with Crippen molar-refractivity contribution in [2.75, 3.05) is 13.2 Å². The highest BCUT2D eigenvalue weighted by Gasteiger charge is 2.78. The highest BCUT2D eigenvalue weighted by atomic mass is 35.5. The molecule has 0 unspecified atom stereocenters. The Hall–Kier alpha value is -4.56. The van der Waals surface area contributed by atoms with Crippen molar-refractivity contribution in [3.8, 4) is 0 Å². The summed E-state index contributed by atoms with van der Waals surface area (Å²) in [5, 5.41) is 29.3. The molecule has 1 saturated heterocycles. The minimum Gasteiger partial charge on any atom is -0.456 e.